The largest absolute Gasteiger partial charge is 0.356 e. The van der Waals surface area contributed by atoms with Crippen LogP contribution >= 0.6 is 0 Å². The molecular weight excluding hydrogens is 407 g/mol. The lowest BCUT2D eigenvalue weighted by Gasteiger charge is -2.29. The van der Waals surface area contributed by atoms with Crippen molar-refractivity contribution in [3.05, 3.63) is 64.6 Å². The van der Waals surface area contributed by atoms with E-state index in [-0.39, 0.29) is 18.1 Å². The van der Waals surface area contributed by atoms with Crippen molar-refractivity contribution in [2.75, 3.05) is 6.54 Å². The van der Waals surface area contributed by atoms with Gasteiger partial charge in [-0.15, -0.1) is 0 Å². The number of aromatic nitrogens is 3. The van der Waals surface area contributed by atoms with Crippen LogP contribution in [-0.2, 0) is 11.2 Å². The first-order valence-electron chi connectivity index (χ1n) is 11.2. The Kier molecular flexibility index (Phi) is 6.63. The number of amides is 1. The third-order valence-electron chi connectivity index (χ3n) is 6.47. The van der Waals surface area contributed by atoms with Gasteiger partial charge in [-0.2, -0.15) is 0 Å². The van der Waals surface area contributed by atoms with Gasteiger partial charge in [-0.1, -0.05) is 23.4 Å². The Bertz CT molecular complexity index is 1100. The Balaban J connectivity index is 1.36. The van der Waals surface area contributed by atoms with Gasteiger partial charge in [0, 0.05) is 24.2 Å². The molecule has 0 spiro atoms. The standard InChI is InChI=1S/C25H29FN4O2/c1-15-16(2)30-32-25(15)21-14-27-17(3)29-24(21)19-10-8-18(9-11-19)13-28-23(31)12-20-6-4-5-7-22(20)26/h4-7,14,18-19H,8-13H2,1-3H3,(H,28,31). The molecule has 0 bridgehead atoms. The molecule has 0 atom stereocenters. The van der Waals surface area contributed by atoms with Crippen molar-refractivity contribution in [1.82, 2.24) is 20.4 Å². The van der Waals surface area contributed by atoms with E-state index in [0.717, 1.165) is 59.8 Å². The Hall–Kier alpha value is -3.09. The van der Waals surface area contributed by atoms with E-state index in [1.807, 2.05) is 27.0 Å². The van der Waals surface area contributed by atoms with E-state index in [4.69, 9.17) is 9.51 Å². The third kappa shape index (κ3) is 4.87. The maximum Gasteiger partial charge on any atom is 0.224 e. The molecule has 168 valence electrons. The number of hydrogen-bond donors (Lipinski definition) is 1. The van der Waals surface area contributed by atoms with Crippen molar-refractivity contribution in [3.63, 3.8) is 0 Å². The van der Waals surface area contributed by atoms with Crippen LogP contribution in [0.3, 0.4) is 0 Å². The predicted molar refractivity (Wildman–Crippen MR) is 120 cm³/mol. The minimum absolute atomic E-state index is 0.0710. The van der Waals surface area contributed by atoms with Crippen LogP contribution in [0.2, 0.25) is 0 Å². The first-order valence-corrected chi connectivity index (χ1v) is 11.2. The summed E-state index contributed by atoms with van der Waals surface area (Å²) < 4.78 is 19.3. The van der Waals surface area contributed by atoms with Crippen LogP contribution in [-0.4, -0.2) is 27.6 Å². The van der Waals surface area contributed by atoms with Gasteiger partial charge in [0.15, 0.2) is 5.76 Å². The number of hydrogen-bond acceptors (Lipinski definition) is 5. The number of rotatable bonds is 6. The van der Waals surface area contributed by atoms with Crippen molar-refractivity contribution in [2.45, 2.75) is 58.8 Å². The Labute approximate surface area is 187 Å². The van der Waals surface area contributed by atoms with Crippen LogP contribution in [0, 0.1) is 32.5 Å². The highest BCUT2D eigenvalue weighted by Crippen LogP contribution is 2.39. The van der Waals surface area contributed by atoms with E-state index >= 15 is 0 Å². The minimum Gasteiger partial charge on any atom is -0.356 e. The minimum atomic E-state index is -0.337. The number of nitrogens with one attached hydrogen (secondary N) is 1. The van der Waals surface area contributed by atoms with Crippen molar-refractivity contribution in [1.29, 1.82) is 0 Å². The van der Waals surface area contributed by atoms with Crippen molar-refractivity contribution < 1.29 is 13.7 Å². The second kappa shape index (κ2) is 9.59. The number of carbonyl (C=O) groups excluding carboxylic acids is 1. The van der Waals surface area contributed by atoms with Crippen LogP contribution < -0.4 is 5.32 Å². The van der Waals surface area contributed by atoms with Gasteiger partial charge in [0.25, 0.3) is 0 Å². The zero-order chi connectivity index (χ0) is 22.7. The summed E-state index contributed by atoms with van der Waals surface area (Å²) in [4.78, 5) is 21.4. The van der Waals surface area contributed by atoms with E-state index in [2.05, 4.69) is 15.5 Å². The maximum absolute atomic E-state index is 13.8. The van der Waals surface area contributed by atoms with Gasteiger partial charge >= 0.3 is 0 Å². The number of halogens is 1. The summed E-state index contributed by atoms with van der Waals surface area (Å²) in [6.07, 6.45) is 5.90. The summed E-state index contributed by atoms with van der Waals surface area (Å²) in [5, 5.41) is 7.08. The van der Waals surface area contributed by atoms with E-state index in [1.54, 1.807) is 18.2 Å². The van der Waals surface area contributed by atoms with Gasteiger partial charge in [0.2, 0.25) is 5.91 Å². The van der Waals surface area contributed by atoms with Gasteiger partial charge in [0.1, 0.15) is 11.6 Å². The highest BCUT2D eigenvalue weighted by atomic mass is 19.1. The topological polar surface area (TPSA) is 80.9 Å². The molecule has 0 saturated heterocycles. The molecule has 1 aromatic carbocycles. The molecule has 7 heteroatoms. The van der Waals surface area contributed by atoms with Crippen LogP contribution in [0.4, 0.5) is 4.39 Å². The average molecular weight is 437 g/mol. The fourth-order valence-corrected chi connectivity index (χ4v) is 4.42. The smallest absolute Gasteiger partial charge is 0.224 e. The summed E-state index contributed by atoms with van der Waals surface area (Å²) in [6.45, 7) is 6.47. The maximum atomic E-state index is 13.8. The van der Waals surface area contributed by atoms with Gasteiger partial charge in [-0.3, -0.25) is 4.79 Å². The van der Waals surface area contributed by atoms with Crippen LogP contribution in [0.25, 0.3) is 11.3 Å². The fourth-order valence-electron chi connectivity index (χ4n) is 4.42. The van der Waals surface area contributed by atoms with Crippen molar-refractivity contribution >= 4 is 5.91 Å². The number of benzene rings is 1. The zero-order valence-electron chi connectivity index (χ0n) is 18.8. The molecule has 2 heterocycles. The number of nitrogens with zero attached hydrogens (tertiary/aromatic N) is 3. The van der Waals surface area contributed by atoms with Gasteiger partial charge in [0.05, 0.1) is 23.4 Å². The molecule has 0 aliphatic heterocycles. The molecule has 3 aromatic rings. The predicted octanol–water partition coefficient (Wildman–Crippen LogP) is 4.83. The molecule has 1 aliphatic rings. The average Bonchev–Trinajstić information content (AvgIpc) is 3.12. The Morgan fingerprint density at radius 2 is 1.91 bits per heavy atom. The molecule has 0 radical (unpaired) electrons. The summed E-state index contributed by atoms with van der Waals surface area (Å²) in [5.74, 6) is 1.76. The van der Waals surface area contributed by atoms with E-state index in [0.29, 0.717) is 23.9 Å². The van der Waals surface area contributed by atoms with Crippen molar-refractivity contribution in [2.24, 2.45) is 5.92 Å². The highest BCUT2D eigenvalue weighted by Gasteiger charge is 2.28. The van der Waals surface area contributed by atoms with E-state index < -0.39 is 0 Å². The second-order valence-corrected chi connectivity index (χ2v) is 8.73. The summed E-state index contributed by atoms with van der Waals surface area (Å²) >= 11 is 0. The van der Waals surface area contributed by atoms with E-state index in [9.17, 15) is 9.18 Å². The molecule has 1 N–H and O–H groups in total. The molecule has 32 heavy (non-hydrogen) atoms. The highest BCUT2D eigenvalue weighted by molar-refractivity contribution is 5.78. The fraction of sp³-hybridized carbons (Fsp3) is 0.440. The van der Waals surface area contributed by atoms with Crippen LogP contribution in [0.1, 0.15) is 59.9 Å². The summed E-state index contributed by atoms with van der Waals surface area (Å²) in [6, 6.07) is 6.41. The monoisotopic (exact) mass is 436 g/mol. The second-order valence-electron chi connectivity index (χ2n) is 8.73. The lowest BCUT2D eigenvalue weighted by molar-refractivity contribution is -0.120. The molecule has 0 unspecified atom stereocenters. The zero-order valence-corrected chi connectivity index (χ0v) is 18.8. The van der Waals surface area contributed by atoms with Crippen molar-refractivity contribution in [3.8, 4) is 11.3 Å². The van der Waals surface area contributed by atoms with E-state index in [1.165, 1.54) is 6.07 Å². The number of carbonyl (C=O) groups is 1. The SMILES string of the molecule is Cc1ncc(-c2onc(C)c2C)c(C2CCC(CNC(=O)Cc3ccccc3F)CC2)n1. The lowest BCUT2D eigenvalue weighted by Crippen LogP contribution is -2.32. The van der Waals surface area contributed by atoms with Gasteiger partial charge < -0.3 is 9.84 Å². The summed E-state index contributed by atoms with van der Waals surface area (Å²) in [7, 11) is 0. The third-order valence-corrected chi connectivity index (χ3v) is 6.47. The quantitative estimate of drug-likeness (QED) is 0.599. The first kappa shape index (κ1) is 22.1. The molecule has 1 saturated carbocycles. The normalized spacial score (nSPS) is 18.5. The Morgan fingerprint density at radius 3 is 2.59 bits per heavy atom. The van der Waals surface area contributed by atoms with Crippen LogP contribution in [0.15, 0.2) is 35.0 Å². The molecule has 1 aliphatic carbocycles. The van der Waals surface area contributed by atoms with Crippen LogP contribution in [0.5, 0.6) is 0 Å². The van der Waals surface area contributed by atoms with Gasteiger partial charge in [-0.05, 0) is 64.0 Å². The lowest BCUT2D eigenvalue weighted by atomic mass is 9.79. The van der Waals surface area contributed by atoms with Gasteiger partial charge in [-0.25, -0.2) is 14.4 Å². The first-order chi connectivity index (χ1) is 15.4. The molecule has 1 amide bonds. The summed E-state index contributed by atoms with van der Waals surface area (Å²) in [5.41, 5.74) is 4.28. The Morgan fingerprint density at radius 1 is 1.16 bits per heavy atom. The molecule has 2 aromatic heterocycles. The molecule has 1 fully saturated rings. The molecular formula is C25H29FN4O2. The molecule has 6 nitrogen and oxygen atoms in total. The number of aryl methyl sites for hydroxylation is 2. The molecule has 4 rings (SSSR count).